The van der Waals surface area contributed by atoms with E-state index in [1.165, 1.54) is 0 Å². The summed E-state index contributed by atoms with van der Waals surface area (Å²) in [6.45, 7) is 2.01. The first-order valence-corrected chi connectivity index (χ1v) is 7.55. The Hall–Kier alpha value is -0.450. The van der Waals surface area contributed by atoms with Crippen molar-refractivity contribution in [2.75, 3.05) is 0 Å². The molecule has 0 N–H and O–H groups in total. The van der Waals surface area contributed by atoms with Crippen LogP contribution in [0.1, 0.15) is 20.8 Å². The van der Waals surface area contributed by atoms with Crippen molar-refractivity contribution >= 4 is 49.0 Å². The van der Waals surface area contributed by atoms with Gasteiger partial charge in [-0.25, -0.2) is 0 Å². The van der Waals surface area contributed by atoms with Crippen LogP contribution in [-0.2, 0) is 6.42 Å². The van der Waals surface area contributed by atoms with E-state index in [2.05, 4.69) is 31.9 Å². The second kappa shape index (κ2) is 5.46. The summed E-state index contributed by atoms with van der Waals surface area (Å²) in [5, 5.41) is 1.99. The van der Waals surface area contributed by atoms with Crippen LogP contribution in [0.15, 0.2) is 38.6 Å². The Labute approximate surface area is 121 Å². The van der Waals surface area contributed by atoms with Crippen molar-refractivity contribution in [1.82, 2.24) is 0 Å². The lowest BCUT2D eigenvalue weighted by molar-refractivity contribution is 0.0994. The molecule has 2 rings (SSSR count). The second-order valence-electron chi connectivity index (χ2n) is 3.80. The van der Waals surface area contributed by atoms with Crippen LogP contribution < -0.4 is 0 Å². The average Bonchev–Trinajstić information content (AvgIpc) is 2.68. The molecule has 0 unspecified atom stereocenters. The molecule has 88 valence electrons. The van der Waals surface area contributed by atoms with E-state index in [1.807, 2.05) is 36.6 Å². The number of halogens is 2. The number of Topliss-reactive ketones (excluding diaryl/α,β-unsaturated/α-hetero) is 1. The molecule has 1 heterocycles. The fourth-order valence-corrected chi connectivity index (χ4v) is 3.30. The highest BCUT2D eigenvalue weighted by molar-refractivity contribution is 9.10. The summed E-state index contributed by atoms with van der Waals surface area (Å²) >= 11 is 8.44. The zero-order valence-corrected chi connectivity index (χ0v) is 13.2. The third kappa shape index (κ3) is 3.27. The maximum atomic E-state index is 12.1. The van der Waals surface area contributed by atoms with Crippen LogP contribution in [0.25, 0.3) is 0 Å². The topological polar surface area (TPSA) is 17.1 Å². The Morgan fingerprint density at radius 1 is 1.29 bits per heavy atom. The zero-order valence-electron chi connectivity index (χ0n) is 9.17. The van der Waals surface area contributed by atoms with Crippen molar-refractivity contribution in [3.63, 3.8) is 0 Å². The van der Waals surface area contributed by atoms with E-state index < -0.39 is 0 Å². The highest BCUT2D eigenvalue weighted by atomic mass is 79.9. The van der Waals surface area contributed by atoms with Crippen LogP contribution >= 0.6 is 43.2 Å². The van der Waals surface area contributed by atoms with Gasteiger partial charge in [-0.05, 0) is 40.5 Å². The Kier molecular flexibility index (Phi) is 4.17. The summed E-state index contributed by atoms with van der Waals surface area (Å²) in [5.74, 6) is 0.153. The molecular formula is C13H10Br2OS. The maximum Gasteiger partial charge on any atom is 0.168 e. The van der Waals surface area contributed by atoms with Gasteiger partial charge in [-0.15, -0.1) is 11.3 Å². The van der Waals surface area contributed by atoms with Gasteiger partial charge in [0.05, 0.1) is 0 Å². The zero-order chi connectivity index (χ0) is 12.4. The number of aryl methyl sites for hydroxylation is 1. The highest BCUT2D eigenvalue weighted by Crippen LogP contribution is 2.23. The standard InChI is InChI=1S/C13H10Br2OS/c1-8-2-3-9(4-12(8)15)13(16)6-11-5-10(14)7-17-11/h2-5,7H,6H2,1H3. The third-order valence-electron chi connectivity index (χ3n) is 2.45. The van der Waals surface area contributed by atoms with Crippen LogP contribution in [-0.4, -0.2) is 5.78 Å². The van der Waals surface area contributed by atoms with E-state index in [-0.39, 0.29) is 5.78 Å². The number of hydrogen-bond acceptors (Lipinski definition) is 2. The summed E-state index contributed by atoms with van der Waals surface area (Å²) < 4.78 is 2.02. The lowest BCUT2D eigenvalue weighted by atomic mass is 10.1. The van der Waals surface area contributed by atoms with Gasteiger partial charge < -0.3 is 0 Å². The van der Waals surface area contributed by atoms with Gasteiger partial charge in [-0.3, -0.25) is 4.79 Å². The molecule has 0 bridgehead atoms. The van der Waals surface area contributed by atoms with Crippen molar-refractivity contribution in [3.8, 4) is 0 Å². The lowest BCUT2D eigenvalue weighted by Crippen LogP contribution is -2.02. The van der Waals surface area contributed by atoms with Crippen molar-refractivity contribution in [2.45, 2.75) is 13.3 Å². The van der Waals surface area contributed by atoms with E-state index >= 15 is 0 Å². The Morgan fingerprint density at radius 2 is 2.06 bits per heavy atom. The van der Waals surface area contributed by atoms with Gasteiger partial charge in [0.2, 0.25) is 0 Å². The van der Waals surface area contributed by atoms with E-state index in [0.29, 0.717) is 6.42 Å². The molecule has 1 aromatic carbocycles. The number of benzene rings is 1. The summed E-state index contributed by atoms with van der Waals surface area (Å²) in [5.41, 5.74) is 1.90. The first kappa shape index (κ1) is 13.0. The van der Waals surface area contributed by atoms with Gasteiger partial charge in [0.15, 0.2) is 5.78 Å². The Bertz CT molecular complexity index is 560. The molecule has 17 heavy (non-hydrogen) atoms. The van der Waals surface area contributed by atoms with Crippen molar-refractivity contribution in [1.29, 1.82) is 0 Å². The summed E-state index contributed by atoms with van der Waals surface area (Å²) in [6.07, 6.45) is 0.464. The third-order valence-corrected chi connectivity index (χ3v) is 5.00. The number of thiophene rings is 1. The Balaban J connectivity index is 2.17. The van der Waals surface area contributed by atoms with Crippen LogP contribution in [0, 0.1) is 6.92 Å². The van der Waals surface area contributed by atoms with Crippen molar-refractivity contribution in [2.24, 2.45) is 0 Å². The molecule has 0 aliphatic heterocycles. The molecule has 0 aliphatic carbocycles. The number of carbonyl (C=O) groups excluding carboxylic acids is 1. The smallest absolute Gasteiger partial charge is 0.168 e. The molecule has 1 nitrogen and oxygen atoms in total. The molecule has 4 heteroatoms. The second-order valence-corrected chi connectivity index (χ2v) is 6.56. The van der Waals surface area contributed by atoms with E-state index in [4.69, 9.17) is 0 Å². The molecule has 0 aliphatic rings. The normalized spacial score (nSPS) is 10.5. The number of hydrogen-bond donors (Lipinski definition) is 0. The van der Waals surface area contributed by atoms with Crippen LogP contribution in [0.3, 0.4) is 0 Å². The molecule has 0 fully saturated rings. The lowest BCUT2D eigenvalue weighted by Gasteiger charge is -2.02. The number of rotatable bonds is 3. The summed E-state index contributed by atoms with van der Waals surface area (Å²) in [6, 6.07) is 7.72. The maximum absolute atomic E-state index is 12.1. The van der Waals surface area contributed by atoms with Gasteiger partial charge in [0, 0.05) is 31.2 Å². The van der Waals surface area contributed by atoms with Gasteiger partial charge in [0.25, 0.3) is 0 Å². The van der Waals surface area contributed by atoms with Crippen LogP contribution in [0.4, 0.5) is 0 Å². The molecular weight excluding hydrogens is 364 g/mol. The SMILES string of the molecule is Cc1ccc(C(=O)Cc2cc(Br)cs2)cc1Br. The quantitative estimate of drug-likeness (QED) is 0.691. The summed E-state index contributed by atoms with van der Waals surface area (Å²) in [4.78, 5) is 13.1. The minimum absolute atomic E-state index is 0.153. The van der Waals surface area contributed by atoms with Crippen LogP contribution in [0.5, 0.6) is 0 Å². The molecule has 0 amide bonds. The molecule has 0 spiro atoms. The first-order valence-electron chi connectivity index (χ1n) is 5.08. The van der Waals surface area contributed by atoms with Crippen LogP contribution in [0.2, 0.25) is 0 Å². The van der Waals surface area contributed by atoms with Gasteiger partial charge in [-0.2, -0.15) is 0 Å². The highest BCUT2D eigenvalue weighted by Gasteiger charge is 2.09. The minimum Gasteiger partial charge on any atom is -0.294 e. The number of carbonyl (C=O) groups is 1. The minimum atomic E-state index is 0.153. The molecule has 0 saturated carbocycles. The van der Waals surface area contributed by atoms with E-state index in [9.17, 15) is 4.79 Å². The molecule has 0 atom stereocenters. The molecule has 0 saturated heterocycles. The monoisotopic (exact) mass is 372 g/mol. The van der Waals surface area contributed by atoms with E-state index in [1.54, 1.807) is 11.3 Å². The fourth-order valence-electron chi connectivity index (χ4n) is 1.47. The van der Waals surface area contributed by atoms with Gasteiger partial charge >= 0.3 is 0 Å². The molecule has 1 aromatic heterocycles. The first-order chi connectivity index (χ1) is 8.06. The van der Waals surface area contributed by atoms with E-state index in [0.717, 1.165) is 24.9 Å². The van der Waals surface area contributed by atoms with Crippen molar-refractivity contribution in [3.05, 3.63) is 54.6 Å². The average molecular weight is 374 g/mol. The number of ketones is 1. The molecule has 0 radical (unpaired) electrons. The molecule has 2 aromatic rings. The van der Waals surface area contributed by atoms with Gasteiger partial charge in [0.1, 0.15) is 0 Å². The predicted octanol–water partition coefficient (Wildman–Crippen LogP) is 5.01. The predicted molar refractivity (Wildman–Crippen MR) is 78.9 cm³/mol. The Morgan fingerprint density at radius 3 is 2.65 bits per heavy atom. The largest absolute Gasteiger partial charge is 0.294 e. The summed E-state index contributed by atoms with van der Waals surface area (Å²) in [7, 11) is 0. The van der Waals surface area contributed by atoms with Gasteiger partial charge in [-0.1, -0.05) is 28.1 Å². The van der Waals surface area contributed by atoms with Crippen molar-refractivity contribution < 1.29 is 4.79 Å². The fraction of sp³-hybridized carbons (Fsp3) is 0.154.